The van der Waals surface area contributed by atoms with E-state index in [1.807, 2.05) is 32.0 Å². The lowest BCUT2D eigenvalue weighted by atomic mass is 9.89. The highest BCUT2D eigenvalue weighted by molar-refractivity contribution is 7.89. The first-order valence-corrected chi connectivity index (χ1v) is 12.4. The monoisotopic (exact) mass is 467 g/mol. The van der Waals surface area contributed by atoms with Crippen molar-refractivity contribution in [1.29, 1.82) is 0 Å². The maximum Gasteiger partial charge on any atom is 0.254 e. The third-order valence-electron chi connectivity index (χ3n) is 6.29. The quantitative estimate of drug-likeness (QED) is 0.664. The Hall–Kier alpha value is -1.90. The zero-order chi connectivity index (χ0) is 21.6. The summed E-state index contributed by atoms with van der Waals surface area (Å²) in [5.74, 6) is -1.26. The third-order valence-corrected chi connectivity index (χ3v) is 7.34. The number of nitrogens with zero attached hydrogens (tertiary/aromatic N) is 3. The molecule has 4 rings (SSSR count). The number of hydrogen-bond acceptors (Lipinski definition) is 5. The summed E-state index contributed by atoms with van der Waals surface area (Å²) in [6.45, 7) is 7.08. The lowest BCUT2D eigenvalue weighted by Crippen LogP contribution is -2.43. The Balaban J connectivity index is 0.00000272. The van der Waals surface area contributed by atoms with E-state index in [-0.39, 0.29) is 24.2 Å². The summed E-state index contributed by atoms with van der Waals surface area (Å²) in [6, 6.07) is 7.11. The number of benzene rings is 1. The van der Waals surface area contributed by atoms with E-state index < -0.39 is 27.9 Å². The fourth-order valence-corrected chi connectivity index (χ4v) is 5.96. The second-order valence-electron chi connectivity index (χ2n) is 8.85. The predicted molar refractivity (Wildman–Crippen MR) is 121 cm³/mol. The van der Waals surface area contributed by atoms with Gasteiger partial charge in [0.15, 0.2) is 0 Å². The molecule has 0 unspecified atom stereocenters. The van der Waals surface area contributed by atoms with Gasteiger partial charge in [0.1, 0.15) is 0 Å². The number of halogens is 1. The molecule has 1 aromatic rings. The summed E-state index contributed by atoms with van der Waals surface area (Å²) in [6.07, 6.45) is 5.17. The molecule has 9 heteroatoms. The molecule has 3 heterocycles. The van der Waals surface area contributed by atoms with Gasteiger partial charge in [0, 0.05) is 18.7 Å². The van der Waals surface area contributed by atoms with Crippen LogP contribution in [0.5, 0.6) is 0 Å². The van der Waals surface area contributed by atoms with Crippen LogP contribution < -0.4 is 0 Å². The zero-order valence-electron chi connectivity index (χ0n) is 18.2. The third kappa shape index (κ3) is 4.38. The van der Waals surface area contributed by atoms with Gasteiger partial charge in [0.2, 0.25) is 15.9 Å². The van der Waals surface area contributed by atoms with Crippen molar-refractivity contribution in [2.24, 2.45) is 11.8 Å². The molecule has 3 aliphatic heterocycles. The van der Waals surface area contributed by atoms with Gasteiger partial charge < -0.3 is 4.90 Å². The van der Waals surface area contributed by atoms with E-state index in [4.69, 9.17) is 0 Å². The van der Waals surface area contributed by atoms with Crippen molar-refractivity contribution in [3.8, 4) is 0 Å². The summed E-state index contributed by atoms with van der Waals surface area (Å²) >= 11 is 0. The van der Waals surface area contributed by atoms with Crippen LogP contribution in [0.1, 0.15) is 42.6 Å². The Morgan fingerprint density at radius 3 is 2.48 bits per heavy atom. The molecule has 0 N–H and O–H groups in total. The van der Waals surface area contributed by atoms with Gasteiger partial charge in [-0.2, -0.15) is 0 Å². The average Bonchev–Trinajstić information content (AvgIpc) is 3.36. The van der Waals surface area contributed by atoms with E-state index in [9.17, 15) is 18.0 Å². The van der Waals surface area contributed by atoms with Gasteiger partial charge in [-0.25, -0.2) is 12.7 Å². The Morgan fingerprint density at radius 2 is 1.87 bits per heavy atom. The molecule has 0 radical (unpaired) electrons. The van der Waals surface area contributed by atoms with Crippen molar-refractivity contribution in [1.82, 2.24) is 14.1 Å². The summed E-state index contributed by atoms with van der Waals surface area (Å²) < 4.78 is 25.4. The van der Waals surface area contributed by atoms with Crippen LogP contribution in [0, 0.1) is 11.8 Å². The minimum absolute atomic E-state index is 0. The van der Waals surface area contributed by atoms with Crippen molar-refractivity contribution in [3.63, 3.8) is 0 Å². The lowest BCUT2D eigenvalue weighted by molar-refractivity contribution is -0.128. The molecule has 170 valence electrons. The molecule has 2 fully saturated rings. The smallest absolute Gasteiger partial charge is 0.254 e. The van der Waals surface area contributed by atoms with Crippen molar-refractivity contribution in [3.05, 3.63) is 47.2 Å². The largest absolute Gasteiger partial charge is 0.325 e. The SMILES string of the molecule is CC(C)[C@H]1C(=O)N(S(C)(=O)=O)C2=CCN(C(=O)c3cccc(CN4CCCC4)c3)[C@@H]21.Cl. The summed E-state index contributed by atoms with van der Waals surface area (Å²) in [5.41, 5.74) is 2.09. The number of hydrogen-bond donors (Lipinski definition) is 0. The van der Waals surface area contributed by atoms with E-state index >= 15 is 0 Å². The van der Waals surface area contributed by atoms with Gasteiger partial charge >= 0.3 is 0 Å². The van der Waals surface area contributed by atoms with Crippen LogP contribution in [0.15, 0.2) is 36.0 Å². The molecule has 31 heavy (non-hydrogen) atoms. The number of sulfonamides is 1. The number of rotatable bonds is 5. The zero-order valence-corrected chi connectivity index (χ0v) is 19.8. The second kappa shape index (κ2) is 8.92. The molecule has 0 aromatic heterocycles. The minimum atomic E-state index is -3.73. The number of likely N-dealkylation sites (tertiary alicyclic amines) is 1. The van der Waals surface area contributed by atoms with Crippen molar-refractivity contribution in [2.75, 3.05) is 25.9 Å². The van der Waals surface area contributed by atoms with Crippen molar-refractivity contribution in [2.45, 2.75) is 39.3 Å². The fourth-order valence-electron chi connectivity index (χ4n) is 4.95. The van der Waals surface area contributed by atoms with Crippen molar-refractivity contribution < 1.29 is 18.0 Å². The van der Waals surface area contributed by atoms with Crippen LogP contribution in [0.3, 0.4) is 0 Å². The standard InChI is InChI=1S/C22H29N3O4S.ClH/c1-15(2)19-20-18(25(22(19)27)30(3,28)29)9-12-24(20)21(26)17-8-6-7-16(13-17)14-23-10-4-5-11-23;/h6-9,13,15,19-20H,4-5,10-12,14H2,1-3H3;1H/t19-,20+;/m1./s1. The topological polar surface area (TPSA) is 78.0 Å². The second-order valence-corrected chi connectivity index (χ2v) is 10.7. The summed E-state index contributed by atoms with van der Waals surface area (Å²) in [5, 5.41) is 0. The van der Waals surface area contributed by atoms with E-state index in [0.29, 0.717) is 17.8 Å². The molecule has 2 saturated heterocycles. The highest BCUT2D eigenvalue weighted by Crippen LogP contribution is 2.41. The maximum absolute atomic E-state index is 13.4. The van der Waals surface area contributed by atoms with Crippen LogP contribution in [0.2, 0.25) is 0 Å². The molecular weight excluding hydrogens is 438 g/mol. The van der Waals surface area contributed by atoms with E-state index in [1.54, 1.807) is 17.0 Å². The first-order chi connectivity index (χ1) is 14.2. The lowest BCUT2D eigenvalue weighted by Gasteiger charge is -2.29. The summed E-state index contributed by atoms with van der Waals surface area (Å²) in [4.78, 5) is 30.4. The van der Waals surface area contributed by atoms with Crippen LogP contribution in [-0.4, -0.2) is 66.3 Å². The average molecular weight is 468 g/mol. The van der Waals surface area contributed by atoms with Crippen LogP contribution in [-0.2, 0) is 21.4 Å². The van der Waals surface area contributed by atoms with E-state index in [0.717, 1.165) is 35.8 Å². The van der Waals surface area contributed by atoms with Gasteiger partial charge in [0.25, 0.3) is 5.91 Å². The molecule has 7 nitrogen and oxygen atoms in total. The van der Waals surface area contributed by atoms with Crippen molar-refractivity contribution >= 4 is 34.2 Å². The Bertz CT molecular complexity index is 1000. The highest BCUT2D eigenvalue weighted by atomic mass is 35.5. The Labute approximate surface area is 190 Å². The van der Waals surface area contributed by atoms with Crippen LogP contribution in [0.4, 0.5) is 0 Å². The maximum atomic E-state index is 13.4. The predicted octanol–water partition coefficient (Wildman–Crippen LogP) is 2.49. The molecular formula is C22H30ClN3O4S. The number of fused-ring (bicyclic) bond motifs is 1. The first-order valence-electron chi connectivity index (χ1n) is 10.5. The molecule has 2 atom stereocenters. The molecule has 0 saturated carbocycles. The first kappa shape index (κ1) is 23.8. The molecule has 3 aliphatic rings. The van der Waals surface area contributed by atoms with Gasteiger partial charge in [-0.05, 0) is 55.6 Å². The fraction of sp³-hybridized carbons (Fsp3) is 0.545. The number of carbonyl (C=O) groups excluding carboxylic acids is 2. The van der Waals surface area contributed by atoms with Gasteiger partial charge in [0.05, 0.1) is 23.9 Å². The molecule has 0 bridgehead atoms. The Morgan fingerprint density at radius 1 is 1.19 bits per heavy atom. The van der Waals surface area contributed by atoms with E-state index in [2.05, 4.69) is 4.90 Å². The molecule has 0 aliphatic carbocycles. The van der Waals surface area contributed by atoms with Gasteiger partial charge in [-0.15, -0.1) is 12.4 Å². The molecule has 0 spiro atoms. The van der Waals surface area contributed by atoms with E-state index in [1.165, 1.54) is 12.8 Å². The number of carbonyl (C=O) groups is 2. The summed E-state index contributed by atoms with van der Waals surface area (Å²) in [7, 11) is -3.73. The van der Waals surface area contributed by atoms with Gasteiger partial charge in [-0.1, -0.05) is 26.0 Å². The molecule has 2 amide bonds. The number of amides is 2. The van der Waals surface area contributed by atoms with Crippen LogP contribution in [0.25, 0.3) is 0 Å². The Kier molecular flexibility index (Phi) is 6.84. The molecule has 1 aromatic carbocycles. The van der Waals surface area contributed by atoms with Gasteiger partial charge in [-0.3, -0.25) is 14.5 Å². The minimum Gasteiger partial charge on any atom is -0.325 e. The normalized spacial score (nSPS) is 23.9. The highest BCUT2D eigenvalue weighted by Gasteiger charge is 2.54. The van der Waals surface area contributed by atoms with Crippen LogP contribution >= 0.6 is 12.4 Å².